The standard InChI is InChI=1S/C37H46O4/c1-9-36(7,8)31-19-17-29(23-25(31)2)37(21-11-10-12-22-37)30-18-20-32(26(3)24-30)40-33(38)27-13-15-28(16-14-27)34(39)41-35(4,5)6/h13-20,23-24H,9-12,21-22H2,1-8H3. The van der Waals surface area contributed by atoms with E-state index < -0.39 is 17.5 Å². The maximum atomic E-state index is 13.0. The van der Waals surface area contributed by atoms with Gasteiger partial charge in [-0.2, -0.15) is 0 Å². The minimum Gasteiger partial charge on any atom is -0.456 e. The van der Waals surface area contributed by atoms with Gasteiger partial charge in [0, 0.05) is 5.41 Å². The van der Waals surface area contributed by atoms with Crippen LogP contribution in [-0.4, -0.2) is 17.5 Å². The molecule has 0 spiro atoms. The van der Waals surface area contributed by atoms with E-state index in [1.54, 1.807) is 24.3 Å². The number of esters is 2. The van der Waals surface area contributed by atoms with E-state index in [1.165, 1.54) is 41.5 Å². The number of hydrogen-bond donors (Lipinski definition) is 0. The second-order valence-corrected chi connectivity index (χ2v) is 13.4. The van der Waals surface area contributed by atoms with Gasteiger partial charge in [0.05, 0.1) is 11.1 Å². The summed E-state index contributed by atoms with van der Waals surface area (Å²) in [5.41, 5.74) is 6.72. The summed E-state index contributed by atoms with van der Waals surface area (Å²) < 4.78 is 11.2. The van der Waals surface area contributed by atoms with E-state index in [-0.39, 0.29) is 10.8 Å². The Labute approximate surface area is 246 Å². The van der Waals surface area contributed by atoms with Crippen molar-refractivity contribution in [2.24, 2.45) is 0 Å². The summed E-state index contributed by atoms with van der Waals surface area (Å²) >= 11 is 0. The third-order valence-electron chi connectivity index (χ3n) is 8.78. The first-order valence-corrected chi connectivity index (χ1v) is 15.0. The lowest BCUT2D eigenvalue weighted by molar-refractivity contribution is 0.00691. The molecule has 1 aliphatic carbocycles. The number of ether oxygens (including phenoxy) is 2. The minimum atomic E-state index is -0.581. The summed E-state index contributed by atoms with van der Waals surface area (Å²) in [6.07, 6.45) is 7.01. The van der Waals surface area contributed by atoms with Crippen LogP contribution in [0.5, 0.6) is 5.75 Å². The number of benzene rings is 3. The van der Waals surface area contributed by atoms with Gasteiger partial charge in [0.2, 0.25) is 0 Å². The van der Waals surface area contributed by atoms with Crippen LogP contribution in [0.2, 0.25) is 0 Å². The van der Waals surface area contributed by atoms with Crippen LogP contribution in [0.4, 0.5) is 0 Å². The maximum absolute atomic E-state index is 13.0. The first-order chi connectivity index (χ1) is 19.3. The highest BCUT2D eigenvalue weighted by Gasteiger charge is 2.37. The fraction of sp³-hybridized carbons (Fsp3) is 0.459. The Morgan fingerprint density at radius 1 is 0.732 bits per heavy atom. The van der Waals surface area contributed by atoms with Gasteiger partial charge in [-0.25, -0.2) is 9.59 Å². The molecule has 0 unspecified atom stereocenters. The number of hydrogen-bond acceptors (Lipinski definition) is 4. The quantitative estimate of drug-likeness (QED) is 0.216. The number of rotatable bonds is 7. The van der Waals surface area contributed by atoms with Crippen molar-refractivity contribution in [1.82, 2.24) is 0 Å². The fourth-order valence-electron chi connectivity index (χ4n) is 6.11. The predicted molar refractivity (Wildman–Crippen MR) is 166 cm³/mol. The number of aryl methyl sites for hydroxylation is 2. The van der Waals surface area contributed by atoms with Crippen LogP contribution in [0, 0.1) is 13.8 Å². The molecule has 0 N–H and O–H groups in total. The van der Waals surface area contributed by atoms with Crippen molar-refractivity contribution in [2.75, 3.05) is 0 Å². The third kappa shape index (κ3) is 6.74. The first kappa shape index (κ1) is 30.6. The zero-order valence-corrected chi connectivity index (χ0v) is 26.1. The first-order valence-electron chi connectivity index (χ1n) is 15.0. The average molecular weight is 555 g/mol. The Balaban J connectivity index is 1.57. The molecule has 4 nitrogen and oxygen atoms in total. The Bertz CT molecular complexity index is 1400. The molecule has 4 rings (SSSR count). The summed E-state index contributed by atoms with van der Waals surface area (Å²) in [5, 5.41) is 0. The summed E-state index contributed by atoms with van der Waals surface area (Å²) in [6, 6.07) is 19.8. The zero-order chi connectivity index (χ0) is 30.0. The van der Waals surface area contributed by atoms with E-state index in [1.807, 2.05) is 33.8 Å². The van der Waals surface area contributed by atoms with E-state index in [0.717, 1.165) is 24.8 Å². The van der Waals surface area contributed by atoms with E-state index in [0.29, 0.717) is 16.9 Å². The monoisotopic (exact) mass is 554 g/mol. The Morgan fingerprint density at radius 2 is 1.27 bits per heavy atom. The van der Waals surface area contributed by atoms with Crippen LogP contribution >= 0.6 is 0 Å². The van der Waals surface area contributed by atoms with Crippen LogP contribution in [0.25, 0.3) is 0 Å². The van der Waals surface area contributed by atoms with E-state index >= 15 is 0 Å². The van der Waals surface area contributed by atoms with Crippen LogP contribution in [-0.2, 0) is 15.6 Å². The zero-order valence-electron chi connectivity index (χ0n) is 26.1. The highest BCUT2D eigenvalue weighted by molar-refractivity contribution is 5.94. The smallest absolute Gasteiger partial charge is 0.343 e. The van der Waals surface area contributed by atoms with Gasteiger partial charge in [-0.1, -0.05) is 70.4 Å². The average Bonchev–Trinajstić information content (AvgIpc) is 2.93. The van der Waals surface area contributed by atoms with Crippen molar-refractivity contribution in [3.8, 4) is 5.75 Å². The molecule has 0 atom stereocenters. The lowest BCUT2D eigenvalue weighted by Gasteiger charge is -2.40. The van der Waals surface area contributed by atoms with Crippen LogP contribution in [0.3, 0.4) is 0 Å². The summed E-state index contributed by atoms with van der Waals surface area (Å²) in [4.78, 5) is 25.3. The maximum Gasteiger partial charge on any atom is 0.343 e. The van der Waals surface area contributed by atoms with Gasteiger partial charge < -0.3 is 9.47 Å². The molecule has 218 valence electrons. The molecule has 0 bridgehead atoms. The number of carbonyl (C=O) groups excluding carboxylic acids is 2. The predicted octanol–water partition coefficient (Wildman–Crippen LogP) is 9.42. The van der Waals surface area contributed by atoms with Crippen molar-refractivity contribution in [1.29, 1.82) is 0 Å². The largest absolute Gasteiger partial charge is 0.456 e. The van der Waals surface area contributed by atoms with Gasteiger partial charge >= 0.3 is 11.9 Å². The molecule has 0 saturated heterocycles. The van der Waals surface area contributed by atoms with Gasteiger partial charge in [-0.3, -0.25) is 0 Å². The molecule has 0 radical (unpaired) electrons. The second-order valence-electron chi connectivity index (χ2n) is 13.4. The van der Waals surface area contributed by atoms with E-state index in [4.69, 9.17) is 9.47 Å². The molecular formula is C37H46O4. The molecule has 41 heavy (non-hydrogen) atoms. The molecular weight excluding hydrogens is 508 g/mol. The van der Waals surface area contributed by atoms with Gasteiger partial charge in [0.1, 0.15) is 11.4 Å². The molecule has 1 fully saturated rings. The fourth-order valence-corrected chi connectivity index (χ4v) is 6.11. The van der Waals surface area contributed by atoms with Crippen LogP contribution in [0.1, 0.15) is 129 Å². The second kappa shape index (κ2) is 11.8. The minimum absolute atomic E-state index is 0.0390. The normalized spacial score (nSPS) is 15.3. The highest BCUT2D eigenvalue weighted by Crippen LogP contribution is 2.46. The molecule has 0 aromatic heterocycles. The molecule has 1 saturated carbocycles. The van der Waals surface area contributed by atoms with Crippen molar-refractivity contribution in [3.63, 3.8) is 0 Å². The Hall–Kier alpha value is -3.40. The molecule has 3 aromatic rings. The van der Waals surface area contributed by atoms with Crippen molar-refractivity contribution < 1.29 is 19.1 Å². The summed E-state index contributed by atoms with van der Waals surface area (Å²) in [6.45, 7) is 16.6. The van der Waals surface area contributed by atoms with Gasteiger partial charge in [0.25, 0.3) is 0 Å². The van der Waals surface area contributed by atoms with Crippen molar-refractivity contribution in [3.05, 3.63) is 99.6 Å². The highest BCUT2D eigenvalue weighted by atomic mass is 16.6. The van der Waals surface area contributed by atoms with Crippen molar-refractivity contribution >= 4 is 11.9 Å². The van der Waals surface area contributed by atoms with Gasteiger partial charge in [0.15, 0.2) is 0 Å². The third-order valence-corrected chi connectivity index (χ3v) is 8.78. The van der Waals surface area contributed by atoms with E-state index in [9.17, 15) is 9.59 Å². The van der Waals surface area contributed by atoms with Crippen LogP contribution in [0.15, 0.2) is 60.7 Å². The lowest BCUT2D eigenvalue weighted by Crippen LogP contribution is -2.31. The SMILES string of the molecule is CCC(C)(C)c1ccc(C2(c3ccc(OC(=O)c4ccc(C(=O)OC(C)(C)C)cc4)c(C)c3)CCCCC2)cc1C. The topological polar surface area (TPSA) is 52.6 Å². The Kier molecular flexibility index (Phi) is 8.82. The molecule has 4 heteroatoms. The molecule has 0 amide bonds. The summed E-state index contributed by atoms with van der Waals surface area (Å²) in [7, 11) is 0. The van der Waals surface area contributed by atoms with Crippen LogP contribution < -0.4 is 4.74 Å². The molecule has 0 aliphatic heterocycles. The molecule has 0 heterocycles. The number of carbonyl (C=O) groups is 2. The van der Waals surface area contributed by atoms with E-state index in [2.05, 4.69) is 58.0 Å². The molecule has 1 aliphatic rings. The Morgan fingerprint density at radius 3 is 1.78 bits per heavy atom. The molecule has 3 aromatic carbocycles. The van der Waals surface area contributed by atoms with Gasteiger partial charge in [-0.05, 0) is 117 Å². The lowest BCUT2D eigenvalue weighted by atomic mass is 9.64. The van der Waals surface area contributed by atoms with Gasteiger partial charge in [-0.15, -0.1) is 0 Å². The van der Waals surface area contributed by atoms with Crippen molar-refractivity contribution in [2.45, 2.75) is 110 Å². The summed E-state index contributed by atoms with van der Waals surface area (Å²) in [5.74, 6) is -0.315.